The molecule has 13 rings (SSSR count). The number of hydrogen-bond acceptors (Lipinski definition) is 5. The first-order chi connectivity index (χ1) is 34.3. The van der Waals surface area contributed by atoms with Crippen molar-refractivity contribution < 1.29 is 9.15 Å². The largest absolute Gasteiger partial charge is 0.457 e. The van der Waals surface area contributed by atoms with Crippen LogP contribution in [0.4, 0.5) is 0 Å². The molecule has 0 saturated heterocycles. The van der Waals surface area contributed by atoms with Crippen molar-refractivity contribution in [2.24, 2.45) is 0 Å². The highest BCUT2D eigenvalue weighted by Gasteiger charge is 2.26. The summed E-state index contributed by atoms with van der Waals surface area (Å²) in [5.74, 6) is 2.87. The number of furan rings is 1. The Morgan fingerprint density at radius 2 is 1.11 bits per heavy atom. The van der Waals surface area contributed by atoms with Crippen LogP contribution in [-0.4, -0.2) is 24.1 Å². The smallest absolute Gasteiger partial charge is 0.227 e. The van der Waals surface area contributed by atoms with E-state index in [0.717, 1.165) is 94.1 Å². The molecule has 0 aliphatic rings. The van der Waals surface area contributed by atoms with E-state index in [-0.39, 0.29) is 5.41 Å². The highest BCUT2D eigenvalue weighted by molar-refractivity contribution is 6.11. The van der Waals surface area contributed by atoms with Gasteiger partial charge in [-0.15, -0.1) is 0 Å². The molecule has 0 fully saturated rings. The van der Waals surface area contributed by atoms with E-state index in [1.54, 1.807) is 0 Å². The summed E-state index contributed by atoms with van der Waals surface area (Å²) < 4.78 is 18.6. The minimum absolute atomic E-state index is 0.0526. The Hall–Kier alpha value is -9.07. The van der Waals surface area contributed by atoms with Crippen molar-refractivity contribution in [1.29, 1.82) is 0 Å². The van der Waals surface area contributed by atoms with Crippen LogP contribution in [0.3, 0.4) is 0 Å². The summed E-state index contributed by atoms with van der Waals surface area (Å²) in [7, 11) is 0. The van der Waals surface area contributed by atoms with Crippen LogP contribution in [-0.2, 0) is 5.41 Å². The Balaban J connectivity index is 1.07. The van der Waals surface area contributed by atoms with Crippen molar-refractivity contribution in [2.45, 2.75) is 26.2 Å². The fourth-order valence-electron chi connectivity index (χ4n) is 10.1. The highest BCUT2D eigenvalue weighted by atomic mass is 16.5. The van der Waals surface area contributed by atoms with Gasteiger partial charge in [0, 0.05) is 56.7 Å². The third kappa shape index (κ3) is 6.93. The zero-order chi connectivity index (χ0) is 46.9. The lowest BCUT2D eigenvalue weighted by atomic mass is 9.88. The molecule has 0 aliphatic carbocycles. The zero-order valence-electron chi connectivity index (χ0n) is 38.8. The zero-order valence-corrected chi connectivity index (χ0v) is 38.8. The fourth-order valence-corrected chi connectivity index (χ4v) is 10.1. The number of rotatable bonds is 8. The molecule has 0 bridgehead atoms. The van der Waals surface area contributed by atoms with Gasteiger partial charge in [0.1, 0.15) is 28.7 Å². The Labute approximate surface area is 404 Å². The first-order valence-corrected chi connectivity index (χ1v) is 23.7. The van der Waals surface area contributed by atoms with Gasteiger partial charge in [0.25, 0.3) is 0 Å². The Bertz CT molecular complexity index is 4070. The lowest BCUT2D eigenvalue weighted by Gasteiger charge is -2.20. The summed E-state index contributed by atoms with van der Waals surface area (Å²) in [6.45, 7) is 6.70. The average molecular weight is 904 g/mol. The number of fused-ring (bicyclic) bond motifs is 7. The predicted molar refractivity (Wildman–Crippen MR) is 285 cm³/mol. The Morgan fingerprint density at radius 3 is 1.84 bits per heavy atom. The lowest BCUT2D eigenvalue weighted by molar-refractivity contribution is 0.484. The van der Waals surface area contributed by atoms with Gasteiger partial charge in [-0.1, -0.05) is 160 Å². The quantitative estimate of drug-likeness (QED) is 0.152. The third-order valence-corrected chi connectivity index (χ3v) is 13.5. The van der Waals surface area contributed by atoms with Gasteiger partial charge in [-0.2, -0.15) is 0 Å². The molecule has 5 heterocycles. The summed E-state index contributed by atoms with van der Waals surface area (Å²) in [4.78, 5) is 15.4. The van der Waals surface area contributed by atoms with Gasteiger partial charge in [0.05, 0.1) is 33.3 Å². The van der Waals surface area contributed by atoms with Gasteiger partial charge in [-0.25, -0.2) is 15.0 Å². The SMILES string of the molecule is CC(C)(C)c1ccnc(-n2c3ccccc3c3ccc(Oc4cc(-c5nc6ccccc6n5-c5c(-c6ccccc6)cccc5-c5ccccc5)c5oc6ncc(-c7ccccc7)cc6c5c4)cc32)c1. The maximum atomic E-state index is 7.13. The second-order valence-electron chi connectivity index (χ2n) is 18.9. The molecule has 13 aromatic rings. The topological polar surface area (TPSA) is 70.9 Å². The molecular weight excluding hydrogens is 859 g/mol. The number of para-hydroxylation sites is 4. The maximum Gasteiger partial charge on any atom is 0.227 e. The van der Waals surface area contributed by atoms with Crippen LogP contribution in [0, 0.1) is 0 Å². The number of benzene rings is 8. The second kappa shape index (κ2) is 16.3. The average Bonchev–Trinajstić information content (AvgIpc) is 4.08. The molecule has 5 aromatic heterocycles. The summed E-state index contributed by atoms with van der Waals surface area (Å²) in [6.07, 6.45) is 3.80. The minimum Gasteiger partial charge on any atom is -0.457 e. The van der Waals surface area contributed by atoms with Crippen LogP contribution in [0.5, 0.6) is 11.5 Å². The molecule has 70 heavy (non-hydrogen) atoms. The van der Waals surface area contributed by atoms with Crippen molar-refractivity contribution in [3.05, 3.63) is 224 Å². The number of pyridine rings is 2. The van der Waals surface area contributed by atoms with Crippen molar-refractivity contribution in [1.82, 2.24) is 24.1 Å². The molecule has 334 valence electrons. The van der Waals surface area contributed by atoms with Crippen molar-refractivity contribution in [3.8, 4) is 67.8 Å². The fraction of sp³-hybridized carbons (Fsp3) is 0.0635. The van der Waals surface area contributed by atoms with Crippen molar-refractivity contribution in [3.63, 3.8) is 0 Å². The molecule has 0 atom stereocenters. The summed E-state index contributed by atoms with van der Waals surface area (Å²) in [6, 6.07) is 71.8. The molecule has 0 spiro atoms. The van der Waals surface area contributed by atoms with Crippen LogP contribution in [0.15, 0.2) is 223 Å². The van der Waals surface area contributed by atoms with Crippen LogP contribution >= 0.6 is 0 Å². The Kier molecular flexibility index (Phi) is 9.59. The van der Waals surface area contributed by atoms with E-state index in [1.165, 1.54) is 5.56 Å². The van der Waals surface area contributed by atoms with Gasteiger partial charge in [0.15, 0.2) is 0 Å². The van der Waals surface area contributed by atoms with E-state index >= 15 is 0 Å². The number of imidazole rings is 1. The molecular formula is C63H45N5O2. The number of hydrogen-bond donors (Lipinski definition) is 0. The highest BCUT2D eigenvalue weighted by Crippen LogP contribution is 2.46. The van der Waals surface area contributed by atoms with Crippen molar-refractivity contribution >= 4 is 54.9 Å². The molecule has 0 N–H and O–H groups in total. The maximum absolute atomic E-state index is 7.13. The van der Waals surface area contributed by atoms with Gasteiger partial charge in [-0.3, -0.25) is 9.13 Å². The second-order valence-corrected chi connectivity index (χ2v) is 18.9. The molecule has 0 aliphatic heterocycles. The van der Waals surface area contributed by atoms with E-state index in [0.29, 0.717) is 28.6 Å². The van der Waals surface area contributed by atoms with Gasteiger partial charge in [-0.05, 0) is 88.3 Å². The molecule has 0 amide bonds. The Morgan fingerprint density at radius 1 is 0.457 bits per heavy atom. The molecule has 8 aromatic carbocycles. The van der Waals surface area contributed by atoms with Gasteiger partial charge in [0.2, 0.25) is 5.71 Å². The van der Waals surface area contributed by atoms with E-state index in [4.69, 9.17) is 24.1 Å². The van der Waals surface area contributed by atoms with Gasteiger partial charge < -0.3 is 9.15 Å². The number of ether oxygens (including phenoxy) is 1. The minimum atomic E-state index is -0.0526. The van der Waals surface area contributed by atoms with Crippen LogP contribution in [0.25, 0.3) is 111 Å². The number of nitrogens with zero attached hydrogens (tertiary/aromatic N) is 5. The standard InChI is InChI=1S/C63H45N5O2/c1-63(2,3)44-32-33-64-58(35-44)67-55-28-15-13-24-49(55)50-31-30-45(38-57(50)67)69-46-36-51-52-34-43(40-18-7-4-8-19-40)39-65-62(52)70-60(51)53(37-46)61-66-54-27-14-16-29-56(54)68(61)59-47(41-20-9-5-10-21-41)25-17-26-48(59)42-22-11-6-12-23-42/h4-39H,1-3H3. The van der Waals surface area contributed by atoms with Crippen LogP contribution in [0.2, 0.25) is 0 Å². The molecule has 0 unspecified atom stereocenters. The lowest BCUT2D eigenvalue weighted by Crippen LogP contribution is -2.12. The summed E-state index contributed by atoms with van der Waals surface area (Å²) >= 11 is 0. The van der Waals surface area contributed by atoms with Crippen LogP contribution < -0.4 is 4.74 Å². The number of aromatic nitrogens is 5. The predicted octanol–water partition coefficient (Wildman–Crippen LogP) is 16.6. The molecule has 0 radical (unpaired) electrons. The first-order valence-electron chi connectivity index (χ1n) is 23.7. The monoisotopic (exact) mass is 903 g/mol. The van der Waals surface area contributed by atoms with Crippen LogP contribution in [0.1, 0.15) is 26.3 Å². The van der Waals surface area contributed by atoms with E-state index < -0.39 is 0 Å². The van der Waals surface area contributed by atoms with Crippen molar-refractivity contribution in [2.75, 3.05) is 0 Å². The van der Waals surface area contributed by atoms with E-state index in [1.807, 2.05) is 36.7 Å². The normalized spacial score (nSPS) is 11.9. The summed E-state index contributed by atoms with van der Waals surface area (Å²) in [5.41, 5.74) is 14.4. The molecule has 7 nitrogen and oxygen atoms in total. The molecule has 0 saturated carbocycles. The molecule has 7 heteroatoms. The van der Waals surface area contributed by atoms with E-state index in [2.05, 4.69) is 212 Å². The van der Waals surface area contributed by atoms with Gasteiger partial charge >= 0.3 is 0 Å². The van der Waals surface area contributed by atoms with E-state index in [9.17, 15) is 0 Å². The first kappa shape index (κ1) is 41.1. The summed E-state index contributed by atoms with van der Waals surface area (Å²) in [5, 5.41) is 4.00. The third-order valence-electron chi connectivity index (χ3n) is 13.5.